The molecule has 0 spiro atoms. The van der Waals surface area contributed by atoms with Gasteiger partial charge in [-0.15, -0.1) is 0 Å². The minimum atomic E-state index is 0.339. The SMILES string of the molecule is COc1cccc(/C=C/C2CO2)c1. The largest absolute Gasteiger partial charge is 0.497 e. The second kappa shape index (κ2) is 3.62. The molecule has 1 fully saturated rings. The summed E-state index contributed by atoms with van der Waals surface area (Å²) in [5.74, 6) is 0.888. The second-order valence-corrected chi connectivity index (χ2v) is 3.01. The summed E-state index contributed by atoms with van der Waals surface area (Å²) in [6.45, 7) is 0.862. The van der Waals surface area contributed by atoms with Crippen molar-refractivity contribution in [3.8, 4) is 5.75 Å². The van der Waals surface area contributed by atoms with Gasteiger partial charge in [0.05, 0.1) is 19.8 Å². The van der Waals surface area contributed by atoms with Gasteiger partial charge in [0.25, 0.3) is 0 Å². The molecule has 0 aliphatic carbocycles. The molecule has 0 amide bonds. The Kier molecular flexibility index (Phi) is 2.32. The van der Waals surface area contributed by atoms with E-state index in [2.05, 4.69) is 12.2 Å². The lowest BCUT2D eigenvalue weighted by molar-refractivity contribution is 0.414. The quantitative estimate of drug-likeness (QED) is 0.658. The van der Waals surface area contributed by atoms with Gasteiger partial charge in [-0.3, -0.25) is 0 Å². The normalized spacial score (nSPS) is 20.5. The molecule has 1 aromatic rings. The van der Waals surface area contributed by atoms with Crippen LogP contribution in [0.15, 0.2) is 30.3 Å². The van der Waals surface area contributed by atoms with Gasteiger partial charge >= 0.3 is 0 Å². The molecule has 1 atom stereocenters. The zero-order chi connectivity index (χ0) is 9.10. The van der Waals surface area contributed by atoms with Crippen LogP contribution in [0.25, 0.3) is 6.08 Å². The summed E-state index contributed by atoms with van der Waals surface area (Å²) in [6.07, 6.45) is 4.46. The van der Waals surface area contributed by atoms with Crippen LogP contribution in [0.2, 0.25) is 0 Å². The number of hydrogen-bond acceptors (Lipinski definition) is 2. The molecular formula is C11H12O2. The number of benzene rings is 1. The van der Waals surface area contributed by atoms with Crippen LogP contribution in [0, 0.1) is 0 Å². The van der Waals surface area contributed by atoms with Gasteiger partial charge in [-0.2, -0.15) is 0 Å². The van der Waals surface area contributed by atoms with Gasteiger partial charge in [0.1, 0.15) is 5.75 Å². The predicted octanol–water partition coefficient (Wildman–Crippen LogP) is 2.11. The molecule has 0 aromatic heterocycles. The third kappa shape index (κ3) is 2.33. The molecule has 68 valence electrons. The molecule has 0 radical (unpaired) electrons. The van der Waals surface area contributed by atoms with Crippen molar-refractivity contribution in [2.24, 2.45) is 0 Å². The zero-order valence-corrected chi connectivity index (χ0v) is 7.57. The summed E-state index contributed by atoms with van der Waals surface area (Å²) < 4.78 is 10.2. The highest BCUT2D eigenvalue weighted by atomic mass is 16.6. The van der Waals surface area contributed by atoms with E-state index in [1.165, 1.54) is 0 Å². The monoisotopic (exact) mass is 176 g/mol. The summed E-state index contributed by atoms with van der Waals surface area (Å²) in [6, 6.07) is 7.96. The first-order valence-corrected chi connectivity index (χ1v) is 4.32. The van der Waals surface area contributed by atoms with Crippen LogP contribution in [-0.4, -0.2) is 19.8 Å². The molecule has 1 aromatic carbocycles. The standard InChI is InChI=1S/C11H12O2/c1-12-10-4-2-3-9(7-10)5-6-11-8-13-11/h2-7,11H,8H2,1H3/b6-5+. The summed E-state index contributed by atoms with van der Waals surface area (Å²) in [4.78, 5) is 0. The lowest BCUT2D eigenvalue weighted by atomic mass is 10.2. The molecule has 13 heavy (non-hydrogen) atoms. The van der Waals surface area contributed by atoms with Gasteiger partial charge in [-0.05, 0) is 17.7 Å². The Morgan fingerprint density at radius 1 is 1.54 bits per heavy atom. The van der Waals surface area contributed by atoms with E-state index in [4.69, 9.17) is 9.47 Å². The summed E-state index contributed by atoms with van der Waals surface area (Å²) >= 11 is 0. The van der Waals surface area contributed by atoms with Crippen LogP contribution in [-0.2, 0) is 4.74 Å². The third-order valence-electron chi connectivity index (χ3n) is 1.96. The van der Waals surface area contributed by atoms with Crippen molar-refractivity contribution in [2.75, 3.05) is 13.7 Å². The van der Waals surface area contributed by atoms with Crippen LogP contribution in [0.3, 0.4) is 0 Å². The summed E-state index contributed by atoms with van der Waals surface area (Å²) in [7, 11) is 1.67. The highest BCUT2D eigenvalue weighted by Crippen LogP contribution is 2.16. The maximum absolute atomic E-state index is 5.11. The fraction of sp³-hybridized carbons (Fsp3) is 0.273. The predicted molar refractivity (Wildman–Crippen MR) is 51.8 cm³/mol. The van der Waals surface area contributed by atoms with E-state index in [0.29, 0.717) is 6.10 Å². The molecule has 2 nitrogen and oxygen atoms in total. The Morgan fingerprint density at radius 3 is 3.08 bits per heavy atom. The van der Waals surface area contributed by atoms with Crippen LogP contribution in [0.1, 0.15) is 5.56 Å². The molecule has 1 aliphatic rings. The molecule has 0 bridgehead atoms. The Balaban J connectivity index is 2.09. The van der Waals surface area contributed by atoms with Crippen LogP contribution in [0.4, 0.5) is 0 Å². The van der Waals surface area contributed by atoms with Crippen LogP contribution < -0.4 is 4.74 Å². The Labute approximate surface area is 77.8 Å². The first kappa shape index (κ1) is 8.32. The molecule has 0 saturated carbocycles. The first-order valence-electron chi connectivity index (χ1n) is 4.32. The van der Waals surface area contributed by atoms with Crippen molar-refractivity contribution in [1.29, 1.82) is 0 Å². The minimum absolute atomic E-state index is 0.339. The molecule has 1 heterocycles. The van der Waals surface area contributed by atoms with Crippen LogP contribution in [0.5, 0.6) is 5.75 Å². The lowest BCUT2D eigenvalue weighted by Gasteiger charge is -1.99. The number of rotatable bonds is 3. The van der Waals surface area contributed by atoms with E-state index in [-0.39, 0.29) is 0 Å². The minimum Gasteiger partial charge on any atom is -0.497 e. The van der Waals surface area contributed by atoms with E-state index < -0.39 is 0 Å². The zero-order valence-electron chi connectivity index (χ0n) is 7.57. The molecule has 2 heteroatoms. The molecule has 1 unspecified atom stereocenters. The van der Waals surface area contributed by atoms with E-state index in [9.17, 15) is 0 Å². The average molecular weight is 176 g/mol. The smallest absolute Gasteiger partial charge is 0.119 e. The van der Waals surface area contributed by atoms with E-state index >= 15 is 0 Å². The summed E-state index contributed by atoms with van der Waals surface area (Å²) in [5.41, 5.74) is 1.15. The average Bonchev–Trinajstić information content (AvgIpc) is 2.99. The van der Waals surface area contributed by atoms with Crippen molar-refractivity contribution in [3.05, 3.63) is 35.9 Å². The molecule has 0 N–H and O–H groups in total. The van der Waals surface area contributed by atoms with Gasteiger partial charge in [-0.25, -0.2) is 0 Å². The lowest BCUT2D eigenvalue weighted by Crippen LogP contribution is -1.82. The Morgan fingerprint density at radius 2 is 2.38 bits per heavy atom. The highest BCUT2D eigenvalue weighted by Gasteiger charge is 2.17. The number of methoxy groups -OCH3 is 1. The van der Waals surface area contributed by atoms with E-state index in [0.717, 1.165) is 17.9 Å². The maximum atomic E-state index is 5.11. The number of epoxide rings is 1. The van der Waals surface area contributed by atoms with Gasteiger partial charge in [0.15, 0.2) is 0 Å². The number of hydrogen-bond donors (Lipinski definition) is 0. The van der Waals surface area contributed by atoms with Gasteiger partial charge in [0.2, 0.25) is 0 Å². The van der Waals surface area contributed by atoms with Crippen molar-refractivity contribution < 1.29 is 9.47 Å². The van der Waals surface area contributed by atoms with Crippen LogP contribution >= 0.6 is 0 Å². The fourth-order valence-corrected chi connectivity index (χ4v) is 1.13. The third-order valence-corrected chi connectivity index (χ3v) is 1.96. The highest BCUT2D eigenvalue weighted by molar-refractivity contribution is 5.52. The fourth-order valence-electron chi connectivity index (χ4n) is 1.13. The molecule has 2 rings (SSSR count). The second-order valence-electron chi connectivity index (χ2n) is 3.01. The maximum Gasteiger partial charge on any atom is 0.119 e. The topological polar surface area (TPSA) is 21.8 Å². The van der Waals surface area contributed by atoms with Crippen molar-refractivity contribution in [3.63, 3.8) is 0 Å². The van der Waals surface area contributed by atoms with E-state index in [1.807, 2.05) is 24.3 Å². The first-order chi connectivity index (χ1) is 6.38. The Bertz CT molecular complexity index is 314. The van der Waals surface area contributed by atoms with Crippen molar-refractivity contribution >= 4 is 6.08 Å². The van der Waals surface area contributed by atoms with Gasteiger partial charge in [0, 0.05) is 0 Å². The Hall–Kier alpha value is -1.28. The van der Waals surface area contributed by atoms with Crippen molar-refractivity contribution in [1.82, 2.24) is 0 Å². The van der Waals surface area contributed by atoms with E-state index in [1.54, 1.807) is 7.11 Å². The number of ether oxygens (including phenoxy) is 2. The van der Waals surface area contributed by atoms with Crippen molar-refractivity contribution in [2.45, 2.75) is 6.10 Å². The van der Waals surface area contributed by atoms with Gasteiger partial charge in [-0.1, -0.05) is 24.3 Å². The molecule has 1 aliphatic heterocycles. The summed E-state index contributed by atoms with van der Waals surface area (Å²) in [5, 5.41) is 0. The molecule has 1 saturated heterocycles. The van der Waals surface area contributed by atoms with Gasteiger partial charge < -0.3 is 9.47 Å². The molecular weight excluding hydrogens is 164 g/mol.